The predicted molar refractivity (Wildman–Crippen MR) is 58.2 cm³/mol. The Hall–Kier alpha value is -2.30. The average molecular weight is 218 g/mol. The molecule has 5 heteroatoms. The molecule has 1 heterocycles. The van der Waals surface area contributed by atoms with Crippen molar-refractivity contribution in [3.05, 3.63) is 45.7 Å². The largest absolute Gasteiger partial charge is 0.493 e. The number of carbonyl (C=O) groups excluding carboxylic acids is 1. The summed E-state index contributed by atoms with van der Waals surface area (Å²) in [6, 6.07) is 7.20. The van der Waals surface area contributed by atoms with Crippen LogP contribution in [0.2, 0.25) is 0 Å². The highest BCUT2D eigenvalue weighted by Crippen LogP contribution is 2.19. The maximum atomic E-state index is 11.3. The summed E-state index contributed by atoms with van der Waals surface area (Å²) in [6.45, 7) is 1.84. The monoisotopic (exact) mass is 218 g/mol. The van der Waals surface area contributed by atoms with Gasteiger partial charge in [0.25, 0.3) is 5.56 Å². The van der Waals surface area contributed by atoms with Gasteiger partial charge in [-0.2, -0.15) is 0 Å². The van der Waals surface area contributed by atoms with Gasteiger partial charge in [0, 0.05) is 0 Å². The predicted octanol–water partition coefficient (Wildman–Crippen LogP) is 0.992. The van der Waals surface area contributed by atoms with Crippen LogP contribution in [0.5, 0.6) is 5.88 Å². The lowest BCUT2D eigenvalue weighted by Crippen LogP contribution is -2.07. The molecule has 1 aromatic carbocycles. The number of nitrogens with zero attached hydrogens (tertiary/aromatic N) is 1. The van der Waals surface area contributed by atoms with Crippen molar-refractivity contribution in [3.8, 4) is 11.6 Å². The molecule has 82 valence electrons. The number of hydrogen-bond donors (Lipinski definition) is 2. The Labute approximate surface area is 90.9 Å². The highest BCUT2D eigenvalue weighted by molar-refractivity contribution is 5.78. The van der Waals surface area contributed by atoms with E-state index in [0.717, 1.165) is 5.56 Å². The van der Waals surface area contributed by atoms with E-state index in [0.29, 0.717) is 12.0 Å². The van der Waals surface area contributed by atoms with Crippen LogP contribution in [0.25, 0.3) is 5.69 Å². The van der Waals surface area contributed by atoms with Crippen molar-refractivity contribution in [2.75, 3.05) is 0 Å². The van der Waals surface area contributed by atoms with Gasteiger partial charge in [0.1, 0.15) is 5.56 Å². The topological polar surface area (TPSA) is 75.1 Å². The molecule has 0 saturated carbocycles. The number of aromatic nitrogens is 2. The molecule has 0 unspecified atom stereocenters. The molecule has 0 aliphatic heterocycles. The molecule has 0 radical (unpaired) electrons. The molecule has 0 aliphatic carbocycles. The van der Waals surface area contributed by atoms with Gasteiger partial charge in [-0.25, -0.2) is 4.68 Å². The lowest BCUT2D eigenvalue weighted by atomic mass is 10.2. The summed E-state index contributed by atoms with van der Waals surface area (Å²) in [6.07, 6.45) is 0.336. The number of aldehydes is 1. The van der Waals surface area contributed by atoms with Crippen LogP contribution < -0.4 is 5.56 Å². The Bertz CT molecular complexity index is 596. The Morgan fingerprint density at radius 2 is 2.06 bits per heavy atom. The summed E-state index contributed by atoms with van der Waals surface area (Å²) < 4.78 is 1.20. The van der Waals surface area contributed by atoms with Crippen molar-refractivity contribution in [2.45, 2.75) is 6.92 Å². The van der Waals surface area contributed by atoms with E-state index in [1.165, 1.54) is 4.68 Å². The van der Waals surface area contributed by atoms with E-state index in [4.69, 9.17) is 0 Å². The number of benzene rings is 1. The summed E-state index contributed by atoms with van der Waals surface area (Å²) in [7, 11) is 0. The van der Waals surface area contributed by atoms with Gasteiger partial charge in [0.05, 0.1) is 5.69 Å². The molecule has 16 heavy (non-hydrogen) atoms. The highest BCUT2D eigenvalue weighted by atomic mass is 16.3. The van der Waals surface area contributed by atoms with Gasteiger partial charge in [0.2, 0.25) is 5.88 Å². The average Bonchev–Trinajstić information content (AvgIpc) is 2.55. The molecule has 0 spiro atoms. The lowest BCUT2D eigenvalue weighted by molar-refractivity contribution is 0.112. The van der Waals surface area contributed by atoms with Gasteiger partial charge in [-0.15, -0.1) is 0 Å². The second-order valence-corrected chi connectivity index (χ2v) is 3.42. The van der Waals surface area contributed by atoms with Crippen LogP contribution in [-0.4, -0.2) is 21.2 Å². The van der Waals surface area contributed by atoms with Gasteiger partial charge in [0.15, 0.2) is 6.29 Å². The van der Waals surface area contributed by atoms with Crippen LogP contribution in [-0.2, 0) is 0 Å². The lowest BCUT2D eigenvalue weighted by Gasteiger charge is -2.06. The van der Waals surface area contributed by atoms with Crippen molar-refractivity contribution < 1.29 is 9.90 Å². The van der Waals surface area contributed by atoms with Gasteiger partial charge in [-0.1, -0.05) is 18.2 Å². The van der Waals surface area contributed by atoms with Gasteiger partial charge in [-0.05, 0) is 18.6 Å². The summed E-state index contributed by atoms with van der Waals surface area (Å²) in [5.74, 6) is -0.366. The van der Waals surface area contributed by atoms with Gasteiger partial charge < -0.3 is 5.11 Å². The number of H-pyrrole nitrogens is 1. The SMILES string of the molecule is Cc1ccccc1-n1[nH]c(=O)c(C=O)c1O. The zero-order valence-corrected chi connectivity index (χ0v) is 8.60. The van der Waals surface area contributed by atoms with Crippen molar-refractivity contribution >= 4 is 6.29 Å². The van der Waals surface area contributed by atoms with Crippen LogP contribution in [0.15, 0.2) is 29.1 Å². The molecule has 0 atom stereocenters. The van der Waals surface area contributed by atoms with Crippen molar-refractivity contribution in [1.29, 1.82) is 0 Å². The normalized spacial score (nSPS) is 10.3. The third kappa shape index (κ3) is 1.42. The van der Waals surface area contributed by atoms with Crippen LogP contribution in [0.4, 0.5) is 0 Å². The van der Waals surface area contributed by atoms with E-state index >= 15 is 0 Å². The number of hydrogen-bond acceptors (Lipinski definition) is 3. The number of aromatic amines is 1. The van der Waals surface area contributed by atoms with E-state index in [1.54, 1.807) is 12.1 Å². The molecular formula is C11H10N2O3. The van der Waals surface area contributed by atoms with E-state index in [-0.39, 0.29) is 11.4 Å². The van der Waals surface area contributed by atoms with E-state index in [2.05, 4.69) is 5.10 Å². The van der Waals surface area contributed by atoms with E-state index < -0.39 is 5.56 Å². The number of para-hydroxylation sites is 1. The molecule has 2 aromatic rings. The standard InChI is InChI=1S/C11H10N2O3/c1-7-4-2-3-5-9(7)13-11(16)8(6-14)10(15)12-13/h2-6,16H,1H3,(H,12,15). The first-order valence-electron chi connectivity index (χ1n) is 4.70. The molecule has 0 saturated heterocycles. The molecule has 0 aliphatic rings. The maximum absolute atomic E-state index is 11.3. The van der Waals surface area contributed by atoms with Crippen molar-refractivity contribution in [3.63, 3.8) is 0 Å². The molecule has 0 bridgehead atoms. The van der Waals surface area contributed by atoms with Crippen LogP contribution in [0.3, 0.4) is 0 Å². The molecule has 2 rings (SSSR count). The van der Waals surface area contributed by atoms with Crippen LogP contribution in [0, 0.1) is 6.92 Å². The molecular weight excluding hydrogens is 208 g/mol. The Morgan fingerprint density at radius 1 is 1.38 bits per heavy atom. The zero-order chi connectivity index (χ0) is 11.7. The first kappa shape index (κ1) is 10.2. The number of nitrogens with one attached hydrogen (secondary N) is 1. The zero-order valence-electron chi connectivity index (χ0n) is 8.60. The molecule has 2 N–H and O–H groups in total. The van der Waals surface area contributed by atoms with Crippen LogP contribution in [0.1, 0.15) is 15.9 Å². The maximum Gasteiger partial charge on any atom is 0.279 e. The number of aryl methyl sites for hydroxylation is 1. The molecule has 1 aromatic heterocycles. The quantitative estimate of drug-likeness (QED) is 0.738. The van der Waals surface area contributed by atoms with Gasteiger partial charge >= 0.3 is 0 Å². The Kier molecular flexibility index (Phi) is 2.36. The second kappa shape index (κ2) is 3.69. The van der Waals surface area contributed by atoms with Gasteiger partial charge in [-0.3, -0.25) is 14.7 Å². The third-order valence-corrected chi connectivity index (χ3v) is 2.38. The minimum atomic E-state index is -0.601. The number of rotatable bonds is 2. The van der Waals surface area contributed by atoms with E-state index in [1.807, 2.05) is 19.1 Å². The highest BCUT2D eigenvalue weighted by Gasteiger charge is 2.14. The smallest absolute Gasteiger partial charge is 0.279 e. The Balaban J connectivity index is 2.71. The fourth-order valence-electron chi connectivity index (χ4n) is 1.53. The summed E-state index contributed by atoms with van der Waals surface area (Å²) in [5, 5.41) is 12.1. The third-order valence-electron chi connectivity index (χ3n) is 2.38. The summed E-state index contributed by atoms with van der Waals surface area (Å²) in [4.78, 5) is 21.9. The number of aromatic hydroxyl groups is 1. The fraction of sp³-hybridized carbons (Fsp3) is 0.0909. The second-order valence-electron chi connectivity index (χ2n) is 3.42. The molecule has 0 amide bonds. The molecule has 5 nitrogen and oxygen atoms in total. The van der Waals surface area contributed by atoms with E-state index in [9.17, 15) is 14.7 Å². The first-order chi connectivity index (χ1) is 7.65. The number of carbonyl (C=O) groups is 1. The fourth-order valence-corrected chi connectivity index (χ4v) is 1.53. The van der Waals surface area contributed by atoms with Crippen molar-refractivity contribution in [1.82, 2.24) is 9.78 Å². The minimum Gasteiger partial charge on any atom is -0.493 e. The summed E-state index contributed by atoms with van der Waals surface area (Å²) >= 11 is 0. The van der Waals surface area contributed by atoms with Crippen molar-refractivity contribution in [2.24, 2.45) is 0 Å². The summed E-state index contributed by atoms with van der Waals surface area (Å²) in [5.41, 5.74) is 0.644. The molecule has 0 fully saturated rings. The minimum absolute atomic E-state index is 0.261. The Morgan fingerprint density at radius 3 is 2.62 bits per heavy atom. The first-order valence-corrected chi connectivity index (χ1v) is 4.70. The van der Waals surface area contributed by atoms with Crippen LogP contribution >= 0.6 is 0 Å².